The molecule has 0 spiro atoms. The zero-order valence-corrected chi connectivity index (χ0v) is 18.7. The fourth-order valence-corrected chi connectivity index (χ4v) is 4.17. The normalized spacial score (nSPS) is 19.6. The molecule has 1 fully saturated rings. The number of hydrogen-bond acceptors (Lipinski definition) is 5. The highest BCUT2D eigenvalue weighted by molar-refractivity contribution is 6.30. The van der Waals surface area contributed by atoms with Crippen molar-refractivity contribution in [3.63, 3.8) is 0 Å². The number of amides is 1. The molecule has 1 aliphatic carbocycles. The second-order valence-corrected chi connectivity index (χ2v) is 8.72. The Morgan fingerprint density at radius 1 is 1.26 bits per heavy atom. The minimum absolute atomic E-state index is 0.0306. The first kappa shape index (κ1) is 24.0. The molecule has 0 saturated heterocycles. The van der Waals surface area contributed by atoms with Gasteiger partial charge in [-0.2, -0.15) is 0 Å². The van der Waals surface area contributed by atoms with Crippen LogP contribution < -0.4 is 11.1 Å². The fourth-order valence-electron chi connectivity index (χ4n) is 3.95. The van der Waals surface area contributed by atoms with Gasteiger partial charge in [0.2, 0.25) is 0 Å². The lowest BCUT2D eigenvalue weighted by atomic mass is 9.83. The SMILES string of the molecule is Nc1ncc([C@@H]2CCC(F)(F)[C@@H](O)C2)nc1-c1ccc(C(=O)NCc2cccc(Cl)c2)c(F)c1. The summed E-state index contributed by atoms with van der Waals surface area (Å²) in [6.45, 7) is 0.174. The van der Waals surface area contributed by atoms with Gasteiger partial charge in [0.25, 0.3) is 11.8 Å². The quantitative estimate of drug-likeness (QED) is 0.481. The summed E-state index contributed by atoms with van der Waals surface area (Å²) in [6, 6.07) is 10.9. The smallest absolute Gasteiger partial charge is 0.273 e. The molecule has 2 atom stereocenters. The van der Waals surface area contributed by atoms with Gasteiger partial charge in [-0.15, -0.1) is 0 Å². The predicted octanol–water partition coefficient (Wildman–Crippen LogP) is 4.71. The van der Waals surface area contributed by atoms with Crippen molar-refractivity contribution in [2.24, 2.45) is 0 Å². The van der Waals surface area contributed by atoms with Crippen LogP contribution in [0.25, 0.3) is 11.3 Å². The monoisotopic (exact) mass is 490 g/mol. The minimum atomic E-state index is -3.13. The minimum Gasteiger partial charge on any atom is -0.387 e. The van der Waals surface area contributed by atoms with Crippen LogP contribution >= 0.6 is 11.6 Å². The summed E-state index contributed by atoms with van der Waals surface area (Å²) in [7, 11) is 0. The summed E-state index contributed by atoms with van der Waals surface area (Å²) in [5.41, 5.74) is 7.40. The van der Waals surface area contributed by atoms with Crippen LogP contribution in [0.2, 0.25) is 5.02 Å². The number of hydrogen-bond donors (Lipinski definition) is 3. The van der Waals surface area contributed by atoms with Gasteiger partial charge in [0.1, 0.15) is 23.4 Å². The molecule has 1 saturated carbocycles. The first-order valence-electron chi connectivity index (χ1n) is 10.6. The largest absolute Gasteiger partial charge is 0.387 e. The number of rotatable bonds is 5. The fraction of sp³-hybridized carbons (Fsp3) is 0.292. The number of nitrogens with one attached hydrogen (secondary N) is 1. The number of halogens is 4. The third-order valence-electron chi connectivity index (χ3n) is 5.89. The summed E-state index contributed by atoms with van der Waals surface area (Å²) in [5, 5.41) is 12.9. The van der Waals surface area contributed by atoms with E-state index in [-0.39, 0.29) is 42.0 Å². The molecule has 6 nitrogen and oxygen atoms in total. The highest BCUT2D eigenvalue weighted by Crippen LogP contribution is 2.41. The van der Waals surface area contributed by atoms with Gasteiger partial charge in [0, 0.05) is 29.5 Å². The van der Waals surface area contributed by atoms with Crippen molar-refractivity contribution in [1.82, 2.24) is 15.3 Å². The van der Waals surface area contributed by atoms with Crippen LogP contribution in [0.15, 0.2) is 48.7 Å². The average Bonchev–Trinajstić information content (AvgIpc) is 2.80. The number of nitrogen functional groups attached to an aromatic ring is 1. The average molecular weight is 491 g/mol. The summed E-state index contributed by atoms with van der Waals surface area (Å²) < 4.78 is 42.1. The zero-order chi connectivity index (χ0) is 24.5. The number of alkyl halides is 2. The van der Waals surface area contributed by atoms with Gasteiger partial charge in [-0.3, -0.25) is 4.79 Å². The number of carbonyl (C=O) groups excluding carboxylic acids is 1. The van der Waals surface area contributed by atoms with Crippen molar-refractivity contribution in [3.05, 3.63) is 76.3 Å². The molecule has 0 unspecified atom stereocenters. The summed E-state index contributed by atoms with van der Waals surface area (Å²) >= 11 is 5.93. The Hall–Kier alpha value is -3.17. The third-order valence-corrected chi connectivity index (χ3v) is 6.12. The lowest BCUT2D eigenvalue weighted by molar-refractivity contribution is -0.135. The number of aromatic nitrogens is 2. The number of nitrogens with zero attached hydrogens (tertiary/aromatic N) is 2. The summed E-state index contributed by atoms with van der Waals surface area (Å²) in [6.07, 6.45) is -0.884. The number of benzene rings is 2. The molecule has 34 heavy (non-hydrogen) atoms. The molecule has 178 valence electrons. The molecule has 3 aromatic rings. The molecule has 4 N–H and O–H groups in total. The van der Waals surface area contributed by atoms with E-state index in [9.17, 15) is 23.1 Å². The van der Waals surface area contributed by atoms with Gasteiger partial charge in [-0.25, -0.2) is 23.1 Å². The molecule has 2 aromatic carbocycles. The van der Waals surface area contributed by atoms with Gasteiger partial charge >= 0.3 is 0 Å². The van der Waals surface area contributed by atoms with E-state index in [4.69, 9.17) is 17.3 Å². The number of nitrogens with two attached hydrogens (primary N) is 1. The van der Waals surface area contributed by atoms with Crippen LogP contribution in [0.3, 0.4) is 0 Å². The van der Waals surface area contributed by atoms with Gasteiger partial charge in [0.05, 0.1) is 17.5 Å². The Labute approximate surface area is 199 Å². The lowest BCUT2D eigenvalue weighted by Crippen LogP contribution is -2.39. The second kappa shape index (κ2) is 9.60. The maximum absolute atomic E-state index is 14.8. The van der Waals surface area contributed by atoms with E-state index in [0.29, 0.717) is 10.7 Å². The van der Waals surface area contributed by atoms with Crippen molar-refractivity contribution in [3.8, 4) is 11.3 Å². The first-order valence-corrected chi connectivity index (χ1v) is 11.0. The predicted molar refractivity (Wildman–Crippen MR) is 122 cm³/mol. The molecular formula is C24H22ClF3N4O2. The van der Waals surface area contributed by atoms with E-state index in [1.54, 1.807) is 24.3 Å². The summed E-state index contributed by atoms with van der Waals surface area (Å²) in [5.74, 6) is -4.91. The lowest BCUT2D eigenvalue weighted by Gasteiger charge is -2.32. The topological polar surface area (TPSA) is 101 Å². The second-order valence-electron chi connectivity index (χ2n) is 8.28. The molecule has 0 radical (unpaired) electrons. The number of anilines is 1. The Balaban J connectivity index is 1.52. The van der Waals surface area contributed by atoms with Crippen LogP contribution in [0.1, 0.15) is 46.8 Å². The van der Waals surface area contributed by atoms with Crippen molar-refractivity contribution in [2.75, 3.05) is 5.73 Å². The summed E-state index contributed by atoms with van der Waals surface area (Å²) in [4.78, 5) is 21.0. The van der Waals surface area contributed by atoms with E-state index in [1.165, 1.54) is 18.3 Å². The molecule has 4 rings (SSSR count). The Kier molecular flexibility index (Phi) is 6.77. The van der Waals surface area contributed by atoms with Gasteiger partial charge in [0.15, 0.2) is 0 Å². The zero-order valence-electron chi connectivity index (χ0n) is 17.9. The van der Waals surface area contributed by atoms with Crippen LogP contribution in [-0.4, -0.2) is 33.0 Å². The van der Waals surface area contributed by atoms with Crippen molar-refractivity contribution >= 4 is 23.3 Å². The van der Waals surface area contributed by atoms with Crippen LogP contribution in [-0.2, 0) is 6.54 Å². The standard InChI is InChI=1S/C24H22ClF3N4O2/c25-16-3-1-2-13(8-16)11-31-23(34)17-5-4-15(9-18(17)26)21-22(29)30-12-19(32-21)14-6-7-24(27,28)20(33)10-14/h1-5,8-9,12,14,20,33H,6-7,10-11H2,(H2,29,30)(H,31,34)/t14-,20+/m1/s1. The maximum atomic E-state index is 14.8. The molecule has 1 amide bonds. The Morgan fingerprint density at radius 2 is 2.06 bits per heavy atom. The molecule has 10 heteroatoms. The third kappa shape index (κ3) is 5.15. The van der Waals surface area contributed by atoms with E-state index in [0.717, 1.165) is 11.6 Å². The highest BCUT2D eigenvalue weighted by Gasteiger charge is 2.44. The van der Waals surface area contributed by atoms with Crippen molar-refractivity contribution in [2.45, 2.75) is 43.8 Å². The van der Waals surface area contributed by atoms with E-state index in [1.807, 2.05) is 0 Å². The highest BCUT2D eigenvalue weighted by atomic mass is 35.5. The molecule has 0 bridgehead atoms. The van der Waals surface area contributed by atoms with E-state index < -0.39 is 36.1 Å². The van der Waals surface area contributed by atoms with Gasteiger partial charge < -0.3 is 16.2 Å². The molecular weight excluding hydrogens is 469 g/mol. The van der Waals surface area contributed by atoms with Crippen molar-refractivity contribution < 1.29 is 23.1 Å². The molecule has 1 heterocycles. The van der Waals surface area contributed by atoms with Crippen LogP contribution in [0.4, 0.5) is 19.0 Å². The van der Waals surface area contributed by atoms with Gasteiger partial charge in [-0.1, -0.05) is 29.8 Å². The first-order chi connectivity index (χ1) is 16.1. The van der Waals surface area contributed by atoms with Crippen LogP contribution in [0, 0.1) is 5.82 Å². The van der Waals surface area contributed by atoms with E-state index in [2.05, 4.69) is 15.3 Å². The van der Waals surface area contributed by atoms with E-state index >= 15 is 0 Å². The number of aliphatic hydroxyl groups is 1. The van der Waals surface area contributed by atoms with Crippen LogP contribution in [0.5, 0.6) is 0 Å². The number of aliphatic hydroxyl groups excluding tert-OH is 1. The Morgan fingerprint density at radius 3 is 2.76 bits per heavy atom. The molecule has 1 aliphatic rings. The number of carbonyl (C=O) groups is 1. The maximum Gasteiger partial charge on any atom is 0.273 e. The Bertz CT molecular complexity index is 1220. The van der Waals surface area contributed by atoms with Crippen molar-refractivity contribution in [1.29, 1.82) is 0 Å². The molecule has 0 aliphatic heterocycles. The van der Waals surface area contributed by atoms with Gasteiger partial charge in [-0.05, 0) is 42.7 Å². The molecule has 1 aromatic heterocycles.